The van der Waals surface area contributed by atoms with Gasteiger partial charge in [0.1, 0.15) is 11.9 Å². The number of benzene rings is 1. The average molecular weight is 233 g/mol. The Balaban J connectivity index is 2.47. The van der Waals surface area contributed by atoms with Crippen LogP contribution in [0.1, 0.15) is 17.2 Å². The van der Waals surface area contributed by atoms with Crippen LogP contribution in [0.2, 0.25) is 0 Å². The van der Waals surface area contributed by atoms with E-state index in [1.165, 1.54) is 30.6 Å². The summed E-state index contributed by atoms with van der Waals surface area (Å²) in [5.74, 6) is -0.462. The van der Waals surface area contributed by atoms with Crippen LogP contribution in [0, 0.1) is 5.82 Å². The molecular weight excluding hydrogens is 221 g/mol. The average Bonchev–Trinajstić information content (AvgIpc) is 2.32. The number of nitrogens with zero attached hydrogens (tertiary/aromatic N) is 1. The van der Waals surface area contributed by atoms with Crippen LogP contribution in [0.3, 0.4) is 0 Å². The standard InChI is InChI=1S/C12H12FN3O/c13-7-1-2-10(14)8(5-7)12(17)9-6-16-4-3-11(9)15/h1-6,12,17H,14H2,(H2,15,16). The number of anilines is 2. The van der Waals surface area contributed by atoms with Gasteiger partial charge in [-0.05, 0) is 24.3 Å². The van der Waals surface area contributed by atoms with E-state index in [2.05, 4.69) is 4.98 Å². The Morgan fingerprint density at radius 2 is 1.82 bits per heavy atom. The maximum absolute atomic E-state index is 13.1. The highest BCUT2D eigenvalue weighted by molar-refractivity contribution is 5.55. The first-order valence-corrected chi connectivity index (χ1v) is 5.02. The molecule has 1 heterocycles. The molecule has 0 bridgehead atoms. The Morgan fingerprint density at radius 1 is 1.12 bits per heavy atom. The van der Waals surface area contributed by atoms with Crippen molar-refractivity contribution in [1.29, 1.82) is 0 Å². The second kappa shape index (κ2) is 4.39. The molecule has 88 valence electrons. The van der Waals surface area contributed by atoms with E-state index in [4.69, 9.17) is 11.5 Å². The third-order valence-corrected chi connectivity index (χ3v) is 2.53. The molecule has 0 spiro atoms. The molecule has 1 aromatic heterocycles. The summed E-state index contributed by atoms with van der Waals surface area (Å²) in [6.45, 7) is 0. The van der Waals surface area contributed by atoms with Gasteiger partial charge in [0.25, 0.3) is 0 Å². The van der Waals surface area contributed by atoms with Crippen LogP contribution in [0.25, 0.3) is 0 Å². The highest BCUT2D eigenvalue weighted by atomic mass is 19.1. The molecule has 0 saturated heterocycles. The van der Waals surface area contributed by atoms with E-state index in [-0.39, 0.29) is 5.56 Å². The molecule has 1 aromatic carbocycles. The number of aliphatic hydroxyl groups is 1. The number of rotatable bonds is 2. The molecule has 17 heavy (non-hydrogen) atoms. The van der Waals surface area contributed by atoms with Gasteiger partial charge >= 0.3 is 0 Å². The lowest BCUT2D eigenvalue weighted by molar-refractivity contribution is 0.221. The molecule has 5 N–H and O–H groups in total. The summed E-state index contributed by atoms with van der Waals surface area (Å²) < 4.78 is 13.1. The van der Waals surface area contributed by atoms with E-state index in [1.807, 2.05) is 0 Å². The molecule has 0 aliphatic heterocycles. The molecule has 2 aromatic rings. The molecule has 0 radical (unpaired) electrons. The lowest BCUT2D eigenvalue weighted by Crippen LogP contribution is -2.07. The minimum absolute atomic E-state index is 0.282. The summed E-state index contributed by atoms with van der Waals surface area (Å²) in [7, 11) is 0. The molecule has 2 rings (SSSR count). The minimum Gasteiger partial charge on any atom is -0.398 e. The normalized spacial score (nSPS) is 12.4. The summed E-state index contributed by atoms with van der Waals surface area (Å²) in [6.07, 6.45) is 1.87. The zero-order chi connectivity index (χ0) is 12.4. The van der Waals surface area contributed by atoms with Crippen LogP contribution in [-0.2, 0) is 0 Å². The van der Waals surface area contributed by atoms with Gasteiger partial charge in [-0.3, -0.25) is 4.98 Å². The molecule has 0 fully saturated rings. The highest BCUT2D eigenvalue weighted by Crippen LogP contribution is 2.29. The number of aromatic nitrogens is 1. The predicted octanol–water partition coefficient (Wildman–Crippen LogP) is 1.47. The minimum atomic E-state index is -1.08. The van der Waals surface area contributed by atoms with Crippen LogP contribution >= 0.6 is 0 Å². The number of hydrogen-bond donors (Lipinski definition) is 3. The van der Waals surface area contributed by atoms with Crippen molar-refractivity contribution in [1.82, 2.24) is 4.98 Å². The van der Waals surface area contributed by atoms with Crippen LogP contribution in [-0.4, -0.2) is 10.1 Å². The first-order chi connectivity index (χ1) is 8.09. The van der Waals surface area contributed by atoms with Gasteiger partial charge < -0.3 is 16.6 Å². The summed E-state index contributed by atoms with van der Waals surface area (Å²) in [5.41, 5.74) is 12.8. The first-order valence-electron chi connectivity index (χ1n) is 5.02. The maximum atomic E-state index is 13.1. The van der Waals surface area contributed by atoms with Gasteiger partial charge in [-0.2, -0.15) is 0 Å². The smallest absolute Gasteiger partial charge is 0.123 e. The number of nitrogen functional groups attached to an aromatic ring is 2. The fourth-order valence-electron chi connectivity index (χ4n) is 1.60. The van der Waals surface area contributed by atoms with E-state index in [0.29, 0.717) is 16.9 Å². The SMILES string of the molecule is Nc1ccncc1C(O)c1cc(F)ccc1N. The van der Waals surface area contributed by atoms with Crippen molar-refractivity contribution in [3.8, 4) is 0 Å². The van der Waals surface area contributed by atoms with Gasteiger partial charge in [-0.25, -0.2) is 4.39 Å². The summed E-state index contributed by atoms with van der Waals surface area (Å²) in [4.78, 5) is 3.87. The largest absolute Gasteiger partial charge is 0.398 e. The Labute approximate surface area is 97.7 Å². The number of hydrogen-bond acceptors (Lipinski definition) is 4. The van der Waals surface area contributed by atoms with Gasteiger partial charge in [0.15, 0.2) is 0 Å². The number of nitrogens with two attached hydrogens (primary N) is 2. The van der Waals surface area contributed by atoms with Crippen molar-refractivity contribution < 1.29 is 9.50 Å². The van der Waals surface area contributed by atoms with E-state index < -0.39 is 11.9 Å². The van der Waals surface area contributed by atoms with E-state index >= 15 is 0 Å². The lowest BCUT2D eigenvalue weighted by Gasteiger charge is -2.15. The van der Waals surface area contributed by atoms with Gasteiger partial charge in [-0.1, -0.05) is 0 Å². The third-order valence-electron chi connectivity index (χ3n) is 2.53. The maximum Gasteiger partial charge on any atom is 0.123 e. The van der Waals surface area contributed by atoms with Crippen LogP contribution in [0.15, 0.2) is 36.7 Å². The van der Waals surface area contributed by atoms with Gasteiger partial charge in [0.2, 0.25) is 0 Å². The fourth-order valence-corrected chi connectivity index (χ4v) is 1.60. The zero-order valence-corrected chi connectivity index (χ0v) is 8.97. The molecule has 0 saturated carbocycles. The molecule has 4 nitrogen and oxygen atoms in total. The molecule has 5 heteroatoms. The Kier molecular flexibility index (Phi) is 2.93. The second-order valence-corrected chi connectivity index (χ2v) is 3.68. The van der Waals surface area contributed by atoms with Crippen LogP contribution < -0.4 is 11.5 Å². The van der Waals surface area contributed by atoms with Crippen molar-refractivity contribution in [2.75, 3.05) is 11.5 Å². The highest BCUT2D eigenvalue weighted by Gasteiger charge is 2.16. The molecular formula is C12H12FN3O. The monoisotopic (exact) mass is 233 g/mol. The molecule has 0 aliphatic rings. The van der Waals surface area contributed by atoms with Gasteiger partial charge in [-0.15, -0.1) is 0 Å². The molecule has 0 amide bonds. The van der Waals surface area contributed by atoms with Crippen LogP contribution in [0.5, 0.6) is 0 Å². The Hall–Kier alpha value is -2.14. The zero-order valence-electron chi connectivity index (χ0n) is 8.97. The van der Waals surface area contributed by atoms with Crippen molar-refractivity contribution in [2.24, 2.45) is 0 Å². The molecule has 1 atom stereocenters. The Morgan fingerprint density at radius 3 is 2.53 bits per heavy atom. The van der Waals surface area contributed by atoms with Crippen molar-refractivity contribution in [2.45, 2.75) is 6.10 Å². The summed E-state index contributed by atoms with van der Waals surface area (Å²) in [5, 5.41) is 10.1. The summed E-state index contributed by atoms with van der Waals surface area (Å²) >= 11 is 0. The van der Waals surface area contributed by atoms with E-state index in [0.717, 1.165) is 0 Å². The van der Waals surface area contributed by atoms with Crippen molar-refractivity contribution in [3.05, 3.63) is 53.6 Å². The lowest BCUT2D eigenvalue weighted by atomic mass is 10.00. The topological polar surface area (TPSA) is 85.2 Å². The van der Waals surface area contributed by atoms with E-state index in [1.54, 1.807) is 6.07 Å². The fraction of sp³-hybridized carbons (Fsp3) is 0.0833. The van der Waals surface area contributed by atoms with Gasteiger partial charge in [0, 0.05) is 34.9 Å². The Bertz CT molecular complexity index is 545. The summed E-state index contributed by atoms with van der Waals surface area (Å²) in [6, 6.07) is 5.39. The number of halogens is 1. The molecule has 0 aliphatic carbocycles. The predicted molar refractivity (Wildman–Crippen MR) is 63.5 cm³/mol. The molecule has 1 unspecified atom stereocenters. The van der Waals surface area contributed by atoms with Crippen molar-refractivity contribution >= 4 is 11.4 Å². The number of pyridine rings is 1. The van der Waals surface area contributed by atoms with Crippen molar-refractivity contribution in [3.63, 3.8) is 0 Å². The van der Waals surface area contributed by atoms with Gasteiger partial charge in [0.05, 0.1) is 0 Å². The third kappa shape index (κ3) is 2.19. The number of aliphatic hydroxyl groups excluding tert-OH is 1. The first kappa shape index (κ1) is 11.3. The quantitative estimate of drug-likeness (QED) is 0.685. The van der Waals surface area contributed by atoms with Crippen LogP contribution in [0.4, 0.5) is 15.8 Å². The second-order valence-electron chi connectivity index (χ2n) is 3.68. The van der Waals surface area contributed by atoms with E-state index in [9.17, 15) is 9.50 Å².